The molecular formula is C6H15N3OS. The van der Waals surface area contributed by atoms with Crippen LogP contribution < -0.4 is 11.2 Å². The van der Waals surface area contributed by atoms with E-state index in [-0.39, 0.29) is 6.61 Å². The van der Waals surface area contributed by atoms with Gasteiger partial charge in [-0.2, -0.15) is 0 Å². The molecule has 0 spiro atoms. The molecule has 0 aliphatic heterocycles. The molecule has 0 fully saturated rings. The second-order valence-electron chi connectivity index (χ2n) is 2.08. The molecule has 0 atom stereocenters. The summed E-state index contributed by atoms with van der Waals surface area (Å²) in [6.45, 7) is 3.55. The molecule has 0 aliphatic rings. The van der Waals surface area contributed by atoms with E-state index in [0.717, 1.165) is 6.54 Å². The van der Waals surface area contributed by atoms with Gasteiger partial charge >= 0.3 is 0 Å². The van der Waals surface area contributed by atoms with Crippen molar-refractivity contribution in [1.29, 1.82) is 0 Å². The Morgan fingerprint density at radius 1 is 1.73 bits per heavy atom. The number of hydrazine groups is 1. The topological polar surface area (TPSA) is 61.5 Å². The van der Waals surface area contributed by atoms with Crippen molar-refractivity contribution in [2.24, 2.45) is 5.73 Å². The van der Waals surface area contributed by atoms with Crippen molar-refractivity contribution in [2.45, 2.75) is 13.3 Å². The van der Waals surface area contributed by atoms with Crippen molar-refractivity contribution in [3.63, 3.8) is 0 Å². The Bertz CT molecular complexity index is 120. The van der Waals surface area contributed by atoms with Crippen LogP contribution in [0.2, 0.25) is 0 Å². The predicted octanol–water partition coefficient (Wildman–Crippen LogP) is -0.561. The largest absolute Gasteiger partial charge is 0.396 e. The van der Waals surface area contributed by atoms with Gasteiger partial charge in [0.15, 0.2) is 5.11 Å². The molecule has 0 radical (unpaired) electrons. The normalized spacial score (nSPS) is 9.64. The molecule has 4 nitrogen and oxygen atoms in total. The molecular weight excluding hydrogens is 162 g/mol. The number of thiocarbonyl (C=S) groups is 1. The molecule has 0 aromatic carbocycles. The van der Waals surface area contributed by atoms with E-state index in [9.17, 15) is 0 Å². The zero-order chi connectivity index (χ0) is 8.69. The smallest absolute Gasteiger partial charge is 0.180 e. The fourth-order valence-corrected chi connectivity index (χ4v) is 0.843. The summed E-state index contributed by atoms with van der Waals surface area (Å²) < 4.78 is 0. The SMILES string of the molecule is CCNN(CCCO)C(N)=S. The summed E-state index contributed by atoms with van der Waals surface area (Å²) in [5, 5.41) is 10.5. The van der Waals surface area contributed by atoms with Gasteiger partial charge in [-0.25, -0.2) is 5.43 Å². The number of rotatable bonds is 5. The predicted molar refractivity (Wildman–Crippen MR) is 48.9 cm³/mol. The first-order valence-corrected chi connectivity index (χ1v) is 4.04. The van der Waals surface area contributed by atoms with Gasteiger partial charge in [-0.05, 0) is 18.6 Å². The highest BCUT2D eigenvalue weighted by Crippen LogP contribution is 1.85. The first-order valence-electron chi connectivity index (χ1n) is 3.63. The van der Waals surface area contributed by atoms with Crippen molar-refractivity contribution in [1.82, 2.24) is 10.4 Å². The summed E-state index contributed by atoms with van der Waals surface area (Å²) in [7, 11) is 0. The van der Waals surface area contributed by atoms with E-state index >= 15 is 0 Å². The third kappa shape index (κ3) is 4.94. The Kier molecular flexibility index (Phi) is 6.10. The fourth-order valence-electron chi connectivity index (χ4n) is 0.687. The molecule has 66 valence electrons. The minimum atomic E-state index is 0.157. The van der Waals surface area contributed by atoms with Crippen LogP contribution in [0, 0.1) is 0 Å². The van der Waals surface area contributed by atoms with Crippen molar-refractivity contribution >= 4 is 17.3 Å². The Balaban J connectivity index is 3.60. The molecule has 4 N–H and O–H groups in total. The van der Waals surface area contributed by atoms with Crippen molar-refractivity contribution in [2.75, 3.05) is 19.7 Å². The van der Waals surface area contributed by atoms with Gasteiger partial charge in [-0.15, -0.1) is 0 Å². The van der Waals surface area contributed by atoms with E-state index in [0.29, 0.717) is 18.1 Å². The lowest BCUT2D eigenvalue weighted by Gasteiger charge is -2.22. The minimum Gasteiger partial charge on any atom is -0.396 e. The summed E-state index contributed by atoms with van der Waals surface area (Å²) in [5.74, 6) is 0. The lowest BCUT2D eigenvalue weighted by Crippen LogP contribution is -2.46. The molecule has 0 amide bonds. The fraction of sp³-hybridized carbons (Fsp3) is 0.833. The summed E-state index contributed by atoms with van der Waals surface area (Å²) in [4.78, 5) is 0. The monoisotopic (exact) mass is 177 g/mol. The molecule has 0 rings (SSSR count). The first kappa shape index (κ1) is 10.6. The minimum absolute atomic E-state index is 0.157. The van der Waals surface area contributed by atoms with Gasteiger partial charge in [0.05, 0.1) is 0 Å². The third-order valence-electron chi connectivity index (χ3n) is 1.15. The first-order chi connectivity index (χ1) is 5.22. The molecule has 0 heterocycles. The van der Waals surface area contributed by atoms with Crippen LogP contribution in [0.3, 0.4) is 0 Å². The summed E-state index contributed by atoms with van der Waals surface area (Å²) in [5.41, 5.74) is 8.35. The van der Waals surface area contributed by atoms with Crippen molar-refractivity contribution < 1.29 is 5.11 Å². The molecule has 0 aromatic rings. The van der Waals surface area contributed by atoms with Gasteiger partial charge in [0.1, 0.15) is 0 Å². The van der Waals surface area contributed by atoms with Crippen LogP contribution in [0.1, 0.15) is 13.3 Å². The molecule has 11 heavy (non-hydrogen) atoms. The quantitative estimate of drug-likeness (QED) is 0.388. The number of hydrogen-bond donors (Lipinski definition) is 3. The zero-order valence-electron chi connectivity index (χ0n) is 6.71. The van der Waals surface area contributed by atoms with Crippen molar-refractivity contribution in [3.05, 3.63) is 0 Å². The second kappa shape index (κ2) is 6.33. The average molecular weight is 177 g/mol. The van der Waals surface area contributed by atoms with Gasteiger partial charge in [-0.3, -0.25) is 5.01 Å². The lowest BCUT2D eigenvalue weighted by atomic mass is 10.4. The van der Waals surface area contributed by atoms with E-state index in [2.05, 4.69) is 5.43 Å². The number of nitrogens with two attached hydrogens (primary N) is 1. The standard InChI is InChI=1S/C6H15N3OS/c1-2-8-9(6(7)11)4-3-5-10/h8,10H,2-5H2,1H3,(H2,7,11). The molecule has 0 saturated carbocycles. The van der Waals surface area contributed by atoms with Crippen molar-refractivity contribution in [3.8, 4) is 0 Å². The third-order valence-corrected chi connectivity index (χ3v) is 1.38. The highest BCUT2D eigenvalue weighted by Gasteiger charge is 2.02. The number of nitrogens with one attached hydrogen (secondary N) is 1. The maximum absolute atomic E-state index is 8.53. The van der Waals surface area contributed by atoms with Gasteiger partial charge < -0.3 is 10.8 Å². The van der Waals surface area contributed by atoms with Gasteiger partial charge in [0, 0.05) is 19.7 Å². The molecule has 0 aromatic heterocycles. The summed E-state index contributed by atoms with van der Waals surface area (Å²) >= 11 is 4.76. The highest BCUT2D eigenvalue weighted by atomic mass is 32.1. The van der Waals surface area contributed by atoms with E-state index in [1.807, 2.05) is 6.92 Å². The van der Waals surface area contributed by atoms with Gasteiger partial charge in [0.2, 0.25) is 0 Å². The number of hydrogen-bond acceptors (Lipinski definition) is 3. The molecule has 5 heteroatoms. The molecule has 0 saturated heterocycles. The maximum atomic E-state index is 8.53. The van der Waals surface area contributed by atoms with Crippen LogP contribution in [0.4, 0.5) is 0 Å². The Labute approximate surface area is 72.3 Å². The zero-order valence-corrected chi connectivity index (χ0v) is 7.52. The van der Waals surface area contributed by atoms with Crippen LogP contribution in [-0.4, -0.2) is 34.9 Å². The Morgan fingerprint density at radius 3 is 2.73 bits per heavy atom. The molecule has 0 bridgehead atoms. The Morgan fingerprint density at radius 2 is 2.36 bits per heavy atom. The van der Waals surface area contributed by atoms with Crippen LogP contribution in [-0.2, 0) is 0 Å². The summed E-state index contributed by atoms with van der Waals surface area (Å²) in [6.07, 6.45) is 0.671. The van der Waals surface area contributed by atoms with Gasteiger partial charge in [-0.1, -0.05) is 6.92 Å². The second-order valence-corrected chi connectivity index (χ2v) is 2.50. The number of aliphatic hydroxyl groups is 1. The number of aliphatic hydroxyl groups excluding tert-OH is 1. The van der Waals surface area contributed by atoms with E-state index < -0.39 is 0 Å². The Hall–Kier alpha value is -0.390. The maximum Gasteiger partial charge on any atom is 0.180 e. The summed E-state index contributed by atoms with van der Waals surface area (Å²) in [6, 6.07) is 0. The van der Waals surface area contributed by atoms with Crippen LogP contribution in [0.25, 0.3) is 0 Å². The van der Waals surface area contributed by atoms with Gasteiger partial charge in [0.25, 0.3) is 0 Å². The van der Waals surface area contributed by atoms with E-state index in [1.165, 1.54) is 0 Å². The molecule has 0 aliphatic carbocycles. The van der Waals surface area contributed by atoms with Crippen LogP contribution in [0.5, 0.6) is 0 Å². The van der Waals surface area contributed by atoms with Crippen LogP contribution >= 0.6 is 12.2 Å². The van der Waals surface area contributed by atoms with Crippen LogP contribution in [0.15, 0.2) is 0 Å². The van der Waals surface area contributed by atoms with E-state index in [4.69, 9.17) is 23.1 Å². The number of nitrogens with zero attached hydrogens (tertiary/aromatic N) is 1. The average Bonchev–Trinajstić information content (AvgIpc) is 1.97. The lowest BCUT2D eigenvalue weighted by molar-refractivity contribution is 0.244. The highest BCUT2D eigenvalue weighted by molar-refractivity contribution is 7.80. The van der Waals surface area contributed by atoms with E-state index in [1.54, 1.807) is 5.01 Å². The molecule has 0 unspecified atom stereocenters.